The van der Waals surface area contributed by atoms with Crippen LogP contribution in [0.25, 0.3) is 0 Å². The highest BCUT2D eigenvalue weighted by atomic mass is 16.5. The molecule has 2 rings (SSSR count). The van der Waals surface area contributed by atoms with Crippen LogP contribution in [0.15, 0.2) is 0 Å². The van der Waals surface area contributed by atoms with Gasteiger partial charge in [0.15, 0.2) is 0 Å². The first kappa shape index (κ1) is 15.2. The van der Waals surface area contributed by atoms with Gasteiger partial charge in [0, 0.05) is 26.3 Å². The maximum absolute atomic E-state index is 9.79. The zero-order valence-corrected chi connectivity index (χ0v) is 11.6. The minimum Gasteiger partial charge on any atom is -0.396 e. The minimum atomic E-state index is -0.466. The summed E-state index contributed by atoms with van der Waals surface area (Å²) in [6, 6.07) is 0. The Balaban J connectivity index is 1.46. The summed E-state index contributed by atoms with van der Waals surface area (Å²) >= 11 is 0. The van der Waals surface area contributed by atoms with E-state index in [2.05, 4.69) is 5.32 Å². The third-order valence-corrected chi connectivity index (χ3v) is 4.12. The molecule has 112 valence electrons. The molecule has 2 fully saturated rings. The summed E-state index contributed by atoms with van der Waals surface area (Å²) in [5.74, 6) is 0. The maximum Gasteiger partial charge on any atom is 0.0897 e. The van der Waals surface area contributed by atoms with Gasteiger partial charge in [-0.2, -0.15) is 0 Å². The Morgan fingerprint density at radius 3 is 2.89 bits per heavy atom. The Morgan fingerprint density at radius 1 is 1.42 bits per heavy atom. The number of hydrogen-bond donors (Lipinski definition) is 3. The van der Waals surface area contributed by atoms with Crippen LogP contribution in [0.3, 0.4) is 0 Å². The van der Waals surface area contributed by atoms with Crippen LogP contribution in [0.5, 0.6) is 0 Å². The van der Waals surface area contributed by atoms with Crippen molar-refractivity contribution in [2.75, 3.05) is 39.5 Å². The standard InChI is InChI=1S/C14H27NO4/c16-6-5-14(3-4-14)11-15-8-12(17)9-18-10-13-2-1-7-19-13/h12-13,15-17H,1-11H2. The van der Waals surface area contributed by atoms with Crippen molar-refractivity contribution < 1.29 is 19.7 Å². The van der Waals surface area contributed by atoms with Crippen LogP contribution in [-0.2, 0) is 9.47 Å². The molecule has 0 aromatic carbocycles. The summed E-state index contributed by atoms with van der Waals surface area (Å²) in [7, 11) is 0. The summed E-state index contributed by atoms with van der Waals surface area (Å²) in [6.07, 6.45) is 5.18. The summed E-state index contributed by atoms with van der Waals surface area (Å²) in [5.41, 5.74) is 0.299. The molecule has 0 radical (unpaired) electrons. The first-order valence-corrected chi connectivity index (χ1v) is 7.43. The lowest BCUT2D eigenvalue weighted by atomic mass is 10.0. The molecule has 0 amide bonds. The van der Waals surface area contributed by atoms with E-state index in [1.165, 1.54) is 12.8 Å². The first-order valence-electron chi connectivity index (χ1n) is 7.43. The Hall–Kier alpha value is -0.200. The molecule has 3 N–H and O–H groups in total. The van der Waals surface area contributed by atoms with Gasteiger partial charge in [0.25, 0.3) is 0 Å². The number of nitrogens with one attached hydrogen (secondary N) is 1. The Bertz CT molecular complexity index is 252. The van der Waals surface area contributed by atoms with Gasteiger partial charge in [-0.1, -0.05) is 0 Å². The van der Waals surface area contributed by atoms with Gasteiger partial charge in [0.2, 0.25) is 0 Å². The zero-order chi connectivity index (χ0) is 13.6. The topological polar surface area (TPSA) is 71.0 Å². The highest BCUT2D eigenvalue weighted by Gasteiger charge is 2.41. The second-order valence-electron chi connectivity index (χ2n) is 5.93. The fourth-order valence-corrected chi connectivity index (χ4v) is 2.60. The molecule has 2 unspecified atom stereocenters. The molecule has 1 saturated heterocycles. The molecule has 1 aliphatic heterocycles. The van der Waals surface area contributed by atoms with Gasteiger partial charge in [-0.05, 0) is 37.5 Å². The molecule has 0 spiro atoms. The van der Waals surface area contributed by atoms with Crippen molar-refractivity contribution in [3.05, 3.63) is 0 Å². The Labute approximate surface area is 115 Å². The maximum atomic E-state index is 9.79. The van der Waals surface area contributed by atoms with Crippen LogP contribution in [0.4, 0.5) is 0 Å². The SMILES string of the molecule is OCCC1(CNCC(O)COCC2CCCO2)CC1. The average molecular weight is 273 g/mol. The molecule has 1 aliphatic carbocycles. The summed E-state index contributed by atoms with van der Waals surface area (Å²) in [5, 5.41) is 22.0. The van der Waals surface area contributed by atoms with Crippen molar-refractivity contribution in [1.82, 2.24) is 5.32 Å². The predicted octanol–water partition coefficient (Wildman–Crippen LogP) is 0.295. The van der Waals surface area contributed by atoms with E-state index in [4.69, 9.17) is 14.6 Å². The first-order chi connectivity index (χ1) is 9.24. The number of rotatable bonds is 10. The number of aliphatic hydroxyl groups is 2. The van der Waals surface area contributed by atoms with E-state index in [0.717, 1.165) is 32.4 Å². The monoisotopic (exact) mass is 273 g/mol. The minimum absolute atomic E-state index is 0.222. The fourth-order valence-electron chi connectivity index (χ4n) is 2.60. The average Bonchev–Trinajstić information content (AvgIpc) is 2.95. The Kier molecular flexibility index (Phi) is 6.04. The molecule has 2 atom stereocenters. The van der Waals surface area contributed by atoms with E-state index in [0.29, 0.717) is 25.2 Å². The second-order valence-corrected chi connectivity index (χ2v) is 5.93. The van der Waals surface area contributed by atoms with E-state index in [9.17, 15) is 5.11 Å². The molecule has 1 heterocycles. The third kappa shape index (κ3) is 5.36. The van der Waals surface area contributed by atoms with E-state index >= 15 is 0 Å². The van der Waals surface area contributed by atoms with Crippen molar-refractivity contribution in [1.29, 1.82) is 0 Å². The lowest BCUT2D eigenvalue weighted by Crippen LogP contribution is -2.35. The summed E-state index contributed by atoms with van der Waals surface area (Å²) < 4.78 is 10.9. The number of hydrogen-bond acceptors (Lipinski definition) is 5. The molecule has 2 aliphatic rings. The van der Waals surface area contributed by atoms with Crippen molar-refractivity contribution in [2.45, 2.75) is 44.3 Å². The summed E-state index contributed by atoms with van der Waals surface area (Å²) in [6.45, 7) is 3.49. The van der Waals surface area contributed by atoms with Crippen LogP contribution >= 0.6 is 0 Å². The van der Waals surface area contributed by atoms with Crippen molar-refractivity contribution in [3.8, 4) is 0 Å². The number of ether oxygens (including phenoxy) is 2. The smallest absolute Gasteiger partial charge is 0.0897 e. The van der Waals surface area contributed by atoms with E-state index < -0.39 is 6.10 Å². The van der Waals surface area contributed by atoms with Gasteiger partial charge in [0.05, 0.1) is 25.4 Å². The fraction of sp³-hybridized carbons (Fsp3) is 1.00. The molecule has 1 saturated carbocycles. The number of aliphatic hydroxyl groups excluding tert-OH is 2. The van der Waals surface area contributed by atoms with Gasteiger partial charge in [-0.3, -0.25) is 0 Å². The Morgan fingerprint density at radius 2 is 2.26 bits per heavy atom. The normalized spacial score (nSPS) is 26.5. The molecule has 5 heteroatoms. The van der Waals surface area contributed by atoms with Crippen molar-refractivity contribution in [2.24, 2.45) is 5.41 Å². The van der Waals surface area contributed by atoms with Crippen molar-refractivity contribution in [3.63, 3.8) is 0 Å². The van der Waals surface area contributed by atoms with Crippen LogP contribution in [0, 0.1) is 5.41 Å². The van der Waals surface area contributed by atoms with E-state index in [-0.39, 0.29) is 12.7 Å². The lowest BCUT2D eigenvalue weighted by molar-refractivity contribution is -0.0166. The second kappa shape index (κ2) is 7.55. The highest BCUT2D eigenvalue weighted by molar-refractivity contribution is 4.94. The van der Waals surface area contributed by atoms with E-state index in [1.54, 1.807) is 0 Å². The highest BCUT2D eigenvalue weighted by Crippen LogP contribution is 2.47. The van der Waals surface area contributed by atoms with Crippen molar-refractivity contribution >= 4 is 0 Å². The van der Waals surface area contributed by atoms with Gasteiger partial charge in [-0.25, -0.2) is 0 Å². The molecule has 0 bridgehead atoms. The predicted molar refractivity (Wildman–Crippen MR) is 72.0 cm³/mol. The molecule has 5 nitrogen and oxygen atoms in total. The van der Waals surface area contributed by atoms with Crippen LogP contribution in [0.2, 0.25) is 0 Å². The largest absolute Gasteiger partial charge is 0.396 e. The van der Waals surface area contributed by atoms with Gasteiger partial charge in [-0.15, -0.1) is 0 Å². The van der Waals surface area contributed by atoms with E-state index in [1.807, 2.05) is 0 Å². The molecular weight excluding hydrogens is 246 g/mol. The van der Waals surface area contributed by atoms with Gasteiger partial charge in [0.1, 0.15) is 0 Å². The molecule has 0 aromatic heterocycles. The molecule has 0 aromatic rings. The van der Waals surface area contributed by atoms with Gasteiger partial charge < -0.3 is 25.0 Å². The summed E-state index contributed by atoms with van der Waals surface area (Å²) in [4.78, 5) is 0. The quantitative estimate of drug-likeness (QED) is 0.534. The zero-order valence-electron chi connectivity index (χ0n) is 11.6. The third-order valence-electron chi connectivity index (χ3n) is 4.12. The lowest BCUT2D eigenvalue weighted by Gasteiger charge is -2.18. The molecular formula is C14H27NO4. The molecule has 19 heavy (non-hydrogen) atoms. The van der Waals surface area contributed by atoms with Crippen LogP contribution < -0.4 is 5.32 Å². The van der Waals surface area contributed by atoms with Crippen LogP contribution in [0.1, 0.15) is 32.1 Å². The van der Waals surface area contributed by atoms with Crippen LogP contribution in [-0.4, -0.2) is 61.9 Å². The van der Waals surface area contributed by atoms with Gasteiger partial charge >= 0.3 is 0 Å².